The van der Waals surface area contributed by atoms with Crippen molar-refractivity contribution < 1.29 is 9.21 Å². The molecule has 0 radical (unpaired) electrons. The molecule has 0 bridgehead atoms. The van der Waals surface area contributed by atoms with Gasteiger partial charge in [-0.15, -0.1) is 20.4 Å². The van der Waals surface area contributed by atoms with Crippen LogP contribution >= 0.6 is 23.1 Å². The lowest BCUT2D eigenvalue weighted by molar-refractivity contribution is -0.116. The van der Waals surface area contributed by atoms with Gasteiger partial charge in [-0.05, 0) is 24.5 Å². The summed E-state index contributed by atoms with van der Waals surface area (Å²) in [6, 6.07) is 9.66. The van der Waals surface area contributed by atoms with Gasteiger partial charge in [-0.3, -0.25) is 4.79 Å². The summed E-state index contributed by atoms with van der Waals surface area (Å²) >= 11 is 2.82. The summed E-state index contributed by atoms with van der Waals surface area (Å²) in [5.41, 5.74) is 0.893. The van der Waals surface area contributed by atoms with E-state index in [9.17, 15) is 4.79 Å². The van der Waals surface area contributed by atoms with Crippen molar-refractivity contribution in [1.29, 1.82) is 0 Å². The van der Waals surface area contributed by atoms with Gasteiger partial charge in [0.1, 0.15) is 0 Å². The van der Waals surface area contributed by atoms with Crippen molar-refractivity contribution in [3.63, 3.8) is 0 Å². The van der Waals surface area contributed by atoms with Crippen molar-refractivity contribution in [2.24, 2.45) is 5.92 Å². The van der Waals surface area contributed by atoms with Crippen LogP contribution in [0.15, 0.2) is 39.1 Å². The molecule has 1 N–H and O–H groups in total. The Labute approximate surface area is 171 Å². The van der Waals surface area contributed by atoms with Crippen molar-refractivity contribution >= 4 is 34.1 Å². The third-order valence-corrected chi connectivity index (χ3v) is 6.67. The van der Waals surface area contributed by atoms with Crippen molar-refractivity contribution in [3.8, 4) is 11.5 Å². The highest BCUT2D eigenvalue weighted by Crippen LogP contribution is 2.30. The second kappa shape index (κ2) is 9.29. The number of benzene rings is 1. The number of anilines is 1. The third-order valence-electron chi connectivity index (χ3n) is 4.71. The normalized spacial score (nSPS) is 14.4. The van der Waals surface area contributed by atoms with E-state index >= 15 is 0 Å². The maximum Gasteiger partial charge on any atom is 0.247 e. The summed E-state index contributed by atoms with van der Waals surface area (Å²) in [4.78, 5) is 12.1. The number of hydrogen-bond donors (Lipinski definition) is 1. The lowest BCUT2D eigenvalue weighted by Gasteiger charge is -2.07. The molecule has 0 saturated heterocycles. The molecule has 28 heavy (non-hydrogen) atoms. The van der Waals surface area contributed by atoms with Gasteiger partial charge in [0.15, 0.2) is 4.34 Å². The Balaban J connectivity index is 1.24. The van der Waals surface area contributed by atoms with Crippen LogP contribution in [0.3, 0.4) is 0 Å². The van der Waals surface area contributed by atoms with Gasteiger partial charge in [0.25, 0.3) is 0 Å². The fourth-order valence-electron chi connectivity index (χ4n) is 3.27. The van der Waals surface area contributed by atoms with E-state index in [-0.39, 0.29) is 5.91 Å². The van der Waals surface area contributed by atoms with Gasteiger partial charge in [-0.2, -0.15) is 0 Å². The first-order valence-corrected chi connectivity index (χ1v) is 11.2. The Morgan fingerprint density at radius 2 is 1.96 bits per heavy atom. The van der Waals surface area contributed by atoms with E-state index in [1.165, 1.54) is 48.8 Å². The largest absolute Gasteiger partial charge is 0.420 e. The van der Waals surface area contributed by atoms with Gasteiger partial charge < -0.3 is 9.73 Å². The highest BCUT2D eigenvalue weighted by Gasteiger charge is 2.17. The molecule has 1 aromatic carbocycles. The van der Waals surface area contributed by atoms with Crippen LogP contribution in [-0.4, -0.2) is 26.3 Å². The zero-order valence-corrected chi connectivity index (χ0v) is 17.0. The van der Waals surface area contributed by atoms with Gasteiger partial charge >= 0.3 is 0 Å². The predicted octanol–water partition coefficient (Wildman–Crippen LogP) is 4.79. The van der Waals surface area contributed by atoms with Crippen LogP contribution in [0.25, 0.3) is 11.5 Å². The highest BCUT2D eigenvalue weighted by atomic mass is 32.2. The predicted molar refractivity (Wildman–Crippen MR) is 109 cm³/mol. The molecule has 1 amide bonds. The minimum absolute atomic E-state index is 0.0176. The number of hydrogen-bond acceptors (Lipinski definition) is 8. The summed E-state index contributed by atoms with van der Waals surface area (Å²) in [6.45, 7) is 0. The SMILES string of the molecule is O=C(CCC1CCCC1)Nc1nnc(SCc2nnc(-c3ccccc3)o2)s1. The van der Waals surface area contributed by atoms with Gasteiger partial charge in [-0.1, -0.05) is 67.0 Å². The topological polar surface area (TPSA) is 93.8 Å². The smallest absolute Gasteiger partial charge is 0.247 e. The van der Waals surface area contributed by atoms with E-state index < -0.39 is 0 Å². The van der Waals surface area contributed by atoms with Gasteiger partial charge in [-0.25, -0.2) is 0 Å². The van der Waals surface area contributed by atoms with Crippen molar-refractivity contribution in [1.82, 2.24) is 20.4 Å². The lowest BCUT2D eigenvalue weighted by atomic mass is 10.0. The Morgan fingerprint density at radius 3 is 2.79 bits per heavy atom. The van der Waals surface area contributed by atoms with E-state index in [1.807, 2.05) is 30.3 Å². The third kappa shape index (κ3) is 5.17. The molecule has 1 aliphatic rings. The molecule has 0 unspecified atom stereocenters. The van der Waals surface area contributed by atoms with Crippen LogP contribution in [0.5, 0.6) is 0 Å². The molecule has 7 nitrogen and oxygen atoms in total. The monoisotopic (exact) mass is 415 g/mol. The van der Waals surface area contributed by atoms with Crippen LogP contribution in [0.4, 0.5) is 5.13 Å². The molecule has 2 aromatic heterocycles. The molecule has 0 aliphatic heterocycles. The maximum absolute atomic E-state index is 12.1. The average molecular weight is 416 g/mol. The van der Waals surface area contributed by atoms with Crippen LogP contribution in [0, 0.1) is 5.92 Å². The van der Waals surface area contributed by atoms with Crippen molar-refractivity contribution in [2.75, 3.05) is 5.32 Å². The number of carbonyl (C=O) groups is 1. The number of nitrogens with zero attached hydrogens (tertiary/aromatic N) is 4. The first-order valence-electron chi connectivity index (χ1n) is 9.40. The molecule has 0 spiro atoms. The second-order valence-corrected chi connectivity index (χ2v) is 8.97. The van der Waals surface area contributed by atoms with Crippen molar-refractivity contribution in [2.45, 2.75) is 48.6 Å². The highest BCUT2D eigenvalue weighted by molar-refractivity contribution is 8.00. The summed E-state index contributed by atoms with van der Waals surface area (Å²) in [6.07, 6.45) is 6.64. The molecule has 0 atom stereocenters. The Bertz CT molecular complexity index is 906. The van der Waals surface area contributed by atoms with Gasteiger partial charge in [0, 0.05) is 12.0 Å². The molecule has 146 valence electrons. The zero-order valence-electron chi connectivity index (χ0n) is 15.3. The molecule has 2 heterocycles. The summed E-state index contributed by atoms with van der Waals surface area (Å²) in [5, 5.41) is 19.7. The van der Waals surface area contributed by atoms with E-state index in [4.69, 9.17) is 4.42 Å². The van der Waals surface area contributed by atoms with Crippen LogP contribution in [0.1, 0.15) is 44.4 Å². The average Bonchev–Trinajstić information content (AvgIpc) is 3.47. The Hall–Kier alpha value is -2.26. The quantitative estimate of drug-likeness (QED) is 0.417. The number of thioether (sulfide) groups is 1. The minimum atomic E-state index is 0.0176. The fourth-order valence-corrected chi connectivity index (χ4v) is 4.87. The first kappa shape index (κ1) is 19.1. The van der Waals surface area contributed by atoms with Crippen LogP contribution in [0.2, 0.25) is 0 Å². The standard InChI is InChI=1S/C19H21N5O2S2/c25-15(11-10-13-6-4-5-7-13)20-18-23-24-19(28-18)27-12-16-21-22-17(26-16)14-8-2-1-3-9-14/h1-3,8-9,13H,4-7,10-12H2,(H,20,23,25). The molecule has 3 aromatic rings. The van der Waals surface area contributed by atoms with Crippen LogP contribution in [-0.2, 0) is 10.5 Å². The number of carbonyl (C=O) groups excluding carboxylic acids is 1. The molecule has 1 saturated carbocycles. The van der Waals surface area contributed by atoms with E-state index in [1.54, 1.807) is 0 Å². The lowest BCUT2D eigenvalue weighted by Crippen LogP contribution is -2.12. The summed E-state index contributed by atoms with van der Waals surface area (Å²) < 4.78 is 6.44. The molecular formula is C19H21N5O2S2. The fraction of sp³-hybridized carbons (Fsp3) is 0.421. The van der Waals surface area contributed by atoms with Crippen molar-refractivity contribution in [3.05, 3.63) is 36.2 Å². The zero-order chi connectivity index (χ0) is 19.2. The Morgan fingerprint density at radius 1 is 1.14 bits per heavy atom. The summed E-state index contributed by atoms with van der Waals surface area (Å²) in [5.74, 6) is 2.26. The molecule has 1 fully saturated rings. The molecule has 1 aliphatic carbocycles. The number of nitrogens with one attached hydrogen (secondary N) is 1. The maximum atomic E-state index is 12.1. The van der Waals surface area contributed by atoms with E-state index in [0.717, 1.165) is 16.3 Å². The van der Waals surface area contributed by atoms with Gasteiger partial charge in [0.2, 0.25) is 22.8 Å². The van der Waals surface area contributed by atoms with E-state index in [0.29, 0.717) is 35.0 Å². The number of aromatic nitrogens is 4. The Kier molecular flexibility index (Phi) is 6.33. The molecule has 4 rings (SSSR count). The van der Waals surface area contributed by atoms with E-state index in [2.05, 4.69) is 25.7 Å². The summed E-state index contributed by atoms with van der Waals surface area (Å²) in [7, 11) is 0. The van der Waals surface area contributed by atoms with Gasteiger partial charge in [0.05, 0.1) is 5.75 Å². The van der Waals surface area contributed by atoms with Crippen LogP contribution < -0.4 is 5.32 Å². The number of amides is 1. The molecular weight excluding hydrogens is 394 g/mol. The number of rotatable bonds is 8. The first-order chi connectivity index (χ1) is 13.8. The second-order valence-electron chi connectivity index (χ2n) is 6.77. The minimum Gasteiger partial charge on any atom is -0.420 e. The molecule has 9 heteroatoms.